The van der Waals surface area contributed by atoms with Crippen LogP contribution in [0.2, 0.25) is 0 Å². The van der Waals surface area contributed by atoms with Gasteiger partial charge < -0.3 is 16.2 Å². The fraction of sp³-hybridized carbons (Fsp3) is 0.417. The van der Waals surface area contributed by atoms with Crippen LogP contribution in [0.5, 0.6) is 0 Å². The Morgan fingerprint density at radius 1 is 1.35 bits per heavy atom. The minimum Gasteiger partial charge on any atom is -0.452 e. The summed E-state index contributed by atoms with van der Waals surface area (Å²) in [7, 11) is 0. The molecule has 1 heterocycles. The molecule has 0 aromatic heterocycles. The van der Waals surface area contributed by atoms with Gasteiger partial charge >= 0.3 is 6.18 Å². The highest BCUT2D eigenvalue weighted by atomic mass is 19.4. The molecule has 0 saturated carbocycles. The molecule has 0 aliphatic carbocycles. The van der Waals surface area contributed by atoms with Gasteiger partial charge in [-0.3, -0.25) is 0 Å². The van der Waals surface area contributed by atoms with E-state index in [1.165, 1.54) is 19.1 Å². The first-order chi connectivity index (χ1) is 9.12. The second-order valence-corrected chi connectivity index (χ2v) is 4.82. The SMILES string of the molecule is C[C@@]1(c2cc(N)ccc2F)C[C@H](C(F)(F)F)OC(N)=N1. The zero-order valence-corrected chi connectivity index (χ0v) is 10.5. The molecular weight excluding hydrogens is 278 g/mol. The quantitative estimate of drug-likeness (QED) is 0.616. The molecule has 8 heteroatoms. The summed E-state index contributed by atoms with van der Waals surface area (Å²) in [5, 5.41) is 0. The first-order valence-electron chi connectivity index (χ1n) is 5.76. The number of aliphatic imine (C=N–C) groups is 1. The van der Waals surface area contributed by atoms with E-state index < -0.39 is 36.1 Å². The van der Waals surface area contributed by atoms with Crippen LogP contribution in [-0.4, -0.2) is 18.3 Å². The van der Waals surface area contributed by atoms with Crippen molar-refractivity contribution in [3.63, 3.8) is 0 Å². The number of rotatable bonds is 1. The second kappa shape index (κ2) is 4.53. The van der Waals surface area contributed by atoms with Gasteiger partial charge in [-0.2, -0.15) is 13.2 Å². The van der Waals surface area contributed by atoms with Crippen LogP contribution >= 0.6 is 0 Å². The molecule has 0 bridgehead atoms. The molecule has 4 N–H and O–H groups in total. The highest BCUT2D eigenvalue weighted by Crippen LogP contribution is 2.41. The molecular formula is C12H13F4N3O. The van der Waals surface area contributed by atoms with Crippen LogP contribution in [0.4, 0.5) is 23.2 Å². The zero-order chi connectivity index (χ0) is 15.1. The number of alkyl halides is 3. The van der Waals surface area contributed by atoms with E-state index >= 15 is 0 Å². The third-order valence-electron chi connectivity index (χ3n) is 3.14. The summed E-state index contributed by atoms with van der Waals surface area (Å²) < 4.78 is 56.7. The minimum absolute atomic E-state index is 0.0435. The van der Waals surface area contributed by atoms with Crippen molar-refractivity contribution in [3.8, 4) is 0 Å². The van der Waals surface area contributed by atoms with Gasteiger partial charge in [0.1, 0.15) is 5.82 Å². The van der Waals surface area contributed by atoms with E-state index in [4.69, 9.17) is 11.5 Å². The summed E-state index contributed by atoms with van der Waals surface area (Å²) in [5.41, 5.74) is 9.55. The Balaban J connectivity index is 2.48. The maximum absolute atomic E-state index is 13.9. The first kappa shape index (κ1) is 14.4. The maximum Gasteiger partial charge on any atom is 0.425 e. The fourth-order valence-electron chi connectivity index (χ4n) is 2.17. The molecule has 20 heavy (non-hydrogen) atoms. The lowest BCUT2D eigenvalue weighted by atomic mass is 9.85. The Kier molecular flexibility index (Phi) is 3.27. The van der Waals surface area contributed by atoms with E-state index in [2.05, 4.69) is 9.73 Å². The van der Waals surface area contributed by atoms with Crippen molar-refractivity contribution < 1.29 is 22.3 Å². The summed E-state index contributed by atoms with van der Waals surface area (Å²) in [6.45, 7) is 1.36. The minimum atomic E-state index is -4.61. The van der Waals surface area contributed by atoms with Crippen LogP contribution in [0.3, 0.4) is 0 Å². The molecule has 0 fully saturated rings. The standard InChI is InChI=1S/C12H13F4N3O/c1-11(7-4-6(17)2-3-8(7)13)5-9(12(14,15)16)20-10(18)19-11/h2-4,9H,5,17H2,1H3,(H2,18,19)/t9-,11+/m1/s1. The maximum atomic E-state index is 13.9. The molecule has 4 nitrogen and oxygen atoms in total. The van der Waals surface area contributed by atoms with Gasteiger partial charge in [-0.25, -0.2) is 9.38 Å². The van der Waals surface area contributed by atoms with Crippen molar-refractivity contribution in [3.05, 3.63) is 29.6 Å². The Bertz CT molecular complexity index is 558. The molecule has 1 aromatic carbocycles. The topological polar surface area (TPSA) is 73.6 Å². The van der Waals surface area contributed by atoms with Crippen LogP contribution in [0, 0.1) is 5.82 Å². The van der Waals surface area contributed by atoms with Crippen molar-refractivity contribution in [2.24, 2.45) is 10.7 Å². The predicted octanol–water partition coefficient (Wildman–Crippen LogP) is 2.29. The summed E-state index contributed by atoms with van der Waals surface area (Å²) in [4.78, 5) is 3.83. The smallest absolute Gasteiger partial charge is 0.425 e. The number of hydrogen-bond acceptors (Lipinski definition) is 4. The number of ether oxygens (including phenoxy) is 1. The summed E-state index contributed by atoms with van der Waals surface area (Å²) in [6.07, 6.45) is -7.32. The summed E-state index contributed by atoms with van der Waals surface area (Å²) >= 11 is 0. The van der Waals surface area contributed by atoms with Crippen LogP contribution in [0.1, 0.15) is 18.9 Å². The molecule has 1 aromatic rings. The molecule has 0 spiro atoms. The molecule has 110 valence electrons. The van der Waals surface area contributed by atoms with E-state index in [-0.39, 0.29) is 11.3 Å². The van der Waals surface area contributed by atoms with E-state index in [0.29, 0.717) is 0 Å². The molecule has 0 radical (unpaired) electrons. The van der Waals surface area contributed by atoms with Gasteiger partial charge in [0.25, 0.3) is 6.02 Å². The van der Waals surface area contributed by atoms with Gasteiger partial charge in [-0.1, -0.05) is 0 Å². The number of nitrogen functional groups attached to an aromatic ring is 1. The monoisotopic (exact) mass is 291 g/mol. The van der Waals surface area contributed by atoms with Gasteiger partial charge in [-0.05, 0) is 25.1 Å². The third kappa shape index (κ3) is 2.63. The van der Waals surface area contributed by atoms with Crippen LogP contribution in [0.25, 0.3) is 0 Å². The Morgan fingerprint density at radius 2 is 2.00 bits per heavy atom. The third-order valence-corrected chi connectivity index (χ3v) is 3.14. The Labute approximate surface area is 112 Å². The second-order valence-electron chi connectivity index (χ2n) is 4.82. The molecule has 0 saturated heterocycles. The predicted molar refractivity (Wildman–Crippen MR) is 65.3 cm³/mol. The van der Waals surface area contributed by atoms with Crippen LogP contribution < -0.4 is 11.5 Å². The molecule has 0 amide bonds. The number of benzene rings is 1. The van der Waals surface area contributed by atoms with Gasteiger partial charge in [-0.15, -0.1) is 0 Å². The van der Waals surface area contributed by atoms with Gasteiger partial charge in [0.05, 0.1) is 5.54 Å². The number of hydrogen-bond donors (Lipinski definition) is 2. The van der Waals surface area contributed by atoms with Crippen molar-refractivity contribution in [1.29, 1.82) is 0 Å². The van der Waals surface area contributed by atoms with E-state index in [0.717, 1.165) is 6.07 Å². The van der Waals surface area contributed by atoms with Gasteiger partial charge in [0.15, 0.2) is 6.10 Å². The molecule has 0 unspecified atom stereocenters. The highest BCUT2D eigenvalue weighted by Gasteiger charge is 2.49. The fourth-order valence-corrected chi connectivity index (χ4v) is 2.17. The van der Waals surface area contributed by atoms with Gasteiger partial charge in [0, 0.05) is 17.7 Å². The molecule has 2 rings (SSSR count). The van der Waals surface area contributed by atoms with Crippen molar-refractivity contribution >= 4 is 11.7 Å². The van der Waals surface area contributed by atoms with Crippen molar-refractivity contribution in [2.75, 3.05) is 5.73 Å². The average Bonchev–Trinajstić information content (AvgIpc) is 2.30. The summed E-state index contributed by atoms with van der Waals surface area (Å²) in [5.74, 6) is -0.693. The Morgan fingerprint density at radius 3 is 2.60 bits per heavy atom. The molecule has 1 aliphatic rings. The lowest BCUT2D eigenvalue weighted by molar-refractivity contribution is -0.208. The highest BCUT2D eigenvalue weighted by molar-refractivity contribution is 5.73. The average molecular weight is 291 g/mol. The number of halogens is 4. The van der Waals surface area contributed by atoms with Crippen molar-refractivity contribution in [1.82, 2.24) is 0 Å². The Hall–Kier alpha value is -1.99. The first-order valence-corrected chi connectivity index (χ1v) is 5.76. The summed E-state index contributed by atoms with van der Waals surface area (Å²) in [6, 6.07) is 3.03. The zero-order valence-electron chi connectivity index (χ0n) is 10.5. The number of anilines is 1. The molecule has 1 aliphatic heterocycles. The number of amidine groups is 1. The van der Waals surface area contributed by atoms with Crippen LogP contribution in [0.15, 0.2) is 23.2 Å². The van der Waals surface area contributed by atoms with Crippen LogP contribution in [-0.2, 0) is 10.3 Å². The lowest BCUT2D eigenvalue weighted by Gasteiger charge is -2.35. The number of nitrogens with two attached hydrogens (primary N) is 2. The molecule has 2 atom stereocenters. The van der Waals surface area contributed by atoms with E-state index in [9.17, 15) is 17.6 Å². The van der Waals surface area contributed by atoms with Crippen molar-refractivity contribution in [2.45, 2.75) is 31.2 Å². The number of nitrogens with zero attached hydrogens (tertiary/aromatic N) is 1. The normalized spacial score (nSPS) is 26.9. The van der Waals surface area contributed by atoms with E-state index in [1.54, 1.807) is 0 Å². The lowest BCUT2D eigenvalue weighted by Crippen LogP contribution is -2.46. The largest absolute Gasteiger partial charge is 0.452 e. The van der Waals surface area contributed by atoms with E-state index in [1.807, 2.05) is 0 Å². The van der Waals surface area contributed by atoms with Gasteiger partial charge in [0.2, 0.25) is 0 Å².